The van der Waals surface area contributed by atoms with Gasteiger partial charge in [-0.05, 0) is 32.5 Å². The Morgan fingerprint density at radius 3 is 3.07 bits per heavy atom. The largest absolute Gasteiger partial charge is 0.388 e. The van der Waals surface area contributed by atoms with Gasteiger partial charge in [0.15, 0.2) is 10.6 Å². The number of hydrogen-bond donors (Lipinski definition) is 2. The van der Waals surface area contributed by atoms with E-state index in [1.807, 2.05) is 11.5 Å². The molecule has 2 unspecified atom stereocenters. The van der Waals surface area contributed by atoms with Crippen LogP contribution in [0.15, 0.2) is 0 Å². The predicted molar refractivity (Wildman–Crippen MR) is 57.0 cm³/mol. The first-order valence-electron chi connectivity index (χ1n) is 4.99. The van der Waals surface area contributed by atoms with Gasteiger partial charge in [0, 0.05) is 6.61 Å². The molecular weight excluding hydrogens is 214 g/mol. The van der Waals surface area contributed by atoms with E-state index in [4.69, 9.17) is 17.0 Å². The van der Waals surface area contributed by atoms with Crippen LogP contribution in [0.5, 0.6) is 0 Å². The number of rotatable bonds is 2. The average molecular weight is 229 g/mol. The van der Waals surface area contributed by atoms with Crippen molar-refractivity contribution >= 4 is 12.2 Å². The SMILES string of the molecule is CC1OCCC1(C)n1c(CO)n[nH]c1=S. The second-order valence-corrected chi connectivity index (χ2v) is 4.45. The second-order valence-electron chi connectivity index (χ2n) is 4.06. The van der Waals surface area contributed by atoms with Gasteiger partial charge in [0.2, 0.25) is 0 Å². The van der Waals surface area contributed by atoms with Gasteiger partial charge >= 0.3 is 0 Å². The first kappa shape index (κ1) is 10.8. The summed E-state index contributed by atoms with van der Waals surface area (Å²) in [5.74, 6) is 0.569. The molecule has 1 aromatic rings. The van der Waals surface area contributed by atoms with E-state index in [9.17, 15) is 5.11 Å². The normalized spacial score (nSPS) is 31.0. The van der Waals surface area contributed by atoms with Gasteiger partial charge in [-0.1, -0.05) is 0 Å². The summed E-state index contributed by atoms with van der Waals surface area (Å²) in [5, 5.41) is 15.9. The van der Waals surface area contributed by atoms with Crippen molar-refractivity contribution in [2.45, 2.75) is 38.5 Å². The van der Waals surface area contributed by atoms with E-state index in [2.05, 4.69) is 17.1 Å². The molecule has 84 valence electrons. The Hall–Kier alpha value is -0.720. The van der Waals surface area contributed by atoms with E-state index in [1.165, 1.54) is 0 Å². The lowest BCUT2D eigenvalue weighted by molar-refractivity contribution is 0.0722. The van der Waals surface area contributed by atoms with Crippen LogP contribution in [0.1, 0.15) is 26.1 Å². The van der Waals surface area contributed by atoms with Crippen LogP contribution in [0, 0.1) is 4.77 Å². The molecule has 1 aliphatic heterocycles. The molecule has 2 heterocycles. The lowest BCUT2D eigenvalue weighted by Crippen LogP contribution is -2.38. The maximum atomic E-state index is 9.20. The van der Waals surface area contributed by atoms with Crippen molar-refractivity contribution in [1.82, 2.24) is 14.8 Å². The monoisotopic (exact) mass is 229 g/mol. The Bertz CT molecular complexity index is 414. The van der Waals surface area contributed by atoms with E-state index in [1.54, 1.807) is 0 Å². The number of hydrogen-bond acceptors (Lipinski definition) is 4. The van der Waals surface area contributed by atoms with Gasteiger partial charge in [0.1, 0.15) is 6.61 Å². The lowest BCUT2D eigenvalue weighted by atomic mass is 9.94. The van der Waals surface area contributed by atoms with Crippen molar-refractivity contribution in [3.63, 3.8) is 0 Å². The van der Waals surface area contributed by atoms with Gasteiger partial charge in [0.25, 0.3) is 0 Å². The summed E-state index contributed by atoms with van der Waals surface area (Å²) >= 11 is 5.18. The van der Waals surface area contributed by atoms with Crippen molar-refractivity contribution < 1.29 is 9.84 Å². The van der Waals surface area contributed by atoms with Crippen molar-refractivity contribution in [2.24, 2.45) is 0 Å². The Balaban J connectivity index is 2.52. The molecule has 6 heteroatoms. The molecule has 5 nitrogen and oxygen atoms in total. The molecule has 15 heavy (non-hydrogen) atoms. The summed E-state index contributed by atoms with van der Waals surface area (Å²) in [7, 11) is 0. The van der Waals surface area contributed by atoms with Crippen LogP contribution in [0.2, 0.25) is 0 Å². The van der Waals surface area contributed by atoms with Gasteiger partial charge in [-0.2, -0.15) is 5.10 Å². The Morgan fingerprint density at radius 2 is 2.53 bits per heavy atom. The maximum Gasteiger partial charge on any atom is 0.195 e. The summed E-state index contributed by atoms with van der Waals surface area (Å²) in [4.78, 5) is 0. The molecule has 1 fully saturated rings. The summed E-state index contributed by atoms with van der Waals surface area (Å²) in [6, 6.07) is 0. The molecule has 1 aromatic heterocycles. The van der Waals surface area contributed by atoms with Gasteiger partial charge in [-0.25, -0.2) is 0 Å². The van der Waals surface area contributed by atoms with Crippen molar-refractivity contribution in [3.05, 3.63) is 10.6 Å². The third kappa shape index (κ3) is 1.53. The molecule has 1 saturated heterocycles. The number of ether oxygens (including phenoxy) is 1. The molecule has 0 spiro atoms. The Kier molecular flexibility index (Phi) is 2.66. The molecule has 2 atom stereocenters. The van der Waals surface area contributed by atoms with Gasteiger partial charge in [0.05, 0.1) is 11.6 Å². The molecule has 0 aliphatic carbocycles. The third-order valence-electron chi connectivity index (χ3n) is 3.25. The van der Waals surface area contributed by atoms with E-state index < -0.39 is 0 Å². The predicted octanol–water partition coefficient (Wildman–Crippen LogP) is 0.957. The van der Waals surface area contributed by atoms with E-state index in [0.29, 0.717) is 10.6 Å². The standard InChI is InChI=1S/C9H15N3O2S/c1-6-9(2,3-4-14-6)12-7(5-13)10-11-8(12)15/h6,13H,3-5H2,1-2H3,(H,11,15). The summed E-state index contributed by atoms with van der Waals surface area (Å²) in [6.45, 7) is 4.70. The fourth-order valence-electron chi connectivity index (χ4n) is 2.08. The van der Waals surface area contributed by atoms with E-state index in [0.717, 1.165) is 13.0 Å². The van der Waals surface area contributed by atoms with E-state index in [-0.39, 0.29) is 18.2 Å². The molecule has 0 saturated carbocycles. The molecule has 2 N–H and O–H groups in total. The fourth-order valence-corrected chi connectivity index (χ4v) is 2.44. The number of nitrogens with zero attached hydrogens (tertiary/aromatic N) is 2. The quantitative estimate of drug-likeness (QED) is 0.741. The van der Waals surface area contributed by atoms with Gasteiger partial charge in [-0.3, -0.25) is 9.67 Å². The van der Waals surface area contributed by atoms with Crippen LogP contribution in [0.3, 0.4) is 0 Å². The van der Waals surface area contributed by atoms with Crippen molar-refractivity contribution in [2.75, 3.05) is 6.61 Å². The summed E-state index contributed by atoms with van der Waals surface area (Å²) < 4.78 is 7.97. The van der Waals surface area contributed by atoms with Gasteiger partial charge in [-0.15, -0.1) is 0 Å². The molecule has 0 aromatic carbocycles. The molecular formula is C9H15N3O2S. The van der Waals surface area contributed by atoms with Crippen LogP contribution >= 0.6 is 12.2 Å². The van der Waals surface area contributed by atoms with Crippen LogP contribution in [0.4, 0.5) is 0 Å². The highest BCUT2D eigenvalue weighted by atomic mass is 32.1. The highest BCUT2D eigenvalue weighted by Gasteiger charge is 2.40. The van der Waals surface area contributed by atoms with Crippen LogP contribution in [-0.4, -0.2) is 32.6 Å². The number of H-pyrrole nitrogens is 1. The fraction of sp³-hybridized carbons (Fsp3) is 0.778. The topological polar surface area (TPSA) is 63.1 Å². The minimum Gasteiger partial charge on any atom is -0.388 e. The molecule has 0 amide bonds. The van der Waals surface area contributed by atoms with E-state index >= 15 is 0 Å². The lowest BCUT2D eigenvalue weighted by Gasteiger charge is -2.30. The zero-order chi connectivity index (χ0) is 11.1. The summed E-state index contributed by atoms with van der Waals surface area (Å²) in [5.41, 5.74) is -0.206. The highest BCUT2D eigenvalue weighted by molar-refractivity contribution is 7.71. The zero-order valence-corrected chi connectivity index (χ0v) is 9.67. The summed E-state index contributed by atoms with van der Waals surface area (Å²) in [6.07, 6.45) is 0.960. The highest BCUT2D eigenvalue weighted by Crippen LogP contribution is 2.33. The minimum absolute atomic E-state index is 0.0760. The molecule has 1 aliphatic rings. The number of aromatic amines is 1. The number of nitrogens with one attached hydrogen (secondary N) is 1. The van der Waals surface area contributed by atoms with Crippen molar-refractivity contribution in [3.8, 4) is 0 Å². The maximum absolute atomic E-state index is 9.20. The van der Waals surface area contributed by atoms with Crippen LogP contribution in [-0.2, 0) is 16.9 Å². The first-order valence-corrected chi connectivity index (χ1v) is 5.39. The van der Waals surface area contributed by atoms with Crippen molar-refractivity contribution in [1.29, 1.82) is 0 Å². The van der Waals surface area contributed by atoms with Crippen LogP contribution < -0.4 is 0 Å². The average Bonchev–Trinajstić information content (AvgIpc) is 2.72. The molecule has 0 bridgehead atoms. The molecule has 2 rings (SSSR count). The second kappa shape index (κ2) is 3.70. The first-order chi connectivity index (χ1) is 7.09. The Morgan fingerprint density at radius 1 is 1.80 bits per heavy atom. The van der Waals surface area contributed by atoms with Crippen LogP contribution in [0.25, 0.3) is 0 Å². The molecule has 0 radical (unpaired) electrons. The number of aromatic nitrogens is 3. The zero-order valence-electron chi connectivity index (χ0n) is 8.86. The Labute approximate surface area is 93.1 Å². The minimum atomic E-state index is -0.206. The number of aliphatic hydroxyl groups excluding tert-OH is 1. The smallest absolute Gasteiger partial charge is 0.195 e. The third-order valence-corrected chi connectivity index (χ3v) is 3.52. The van der Waals surface area contributed by atoms with Gasteiger partial charge < -0.3 is 9.84 Å². The number of aliphatic hydroxyl groups is 1.